The maximum atomic E-state index is 13.6. The molecule has 8 heteroatoms. The molecule has 136 valence electrons. The SMILES string of the molecule is C[C@H]1CC(=O)Nc2ccccc2N1C(=O)COc1cc(F)c(F)cc1F. The van der Waals surface area contributed by atoms with Crippen molar-refractivity contribution >= 4 is 23.2 Å². The van der Waals surface area contributed by atoms with E-state index in [4.69, 9.17) is 4.74 Å². The molecule has 0 saturated carbocycles. The second-order valence-corrected chi connectivity index (χ2v) is 5.87. The van der Waals surface area contributed by atoms with Gasteiger partial charge in [0.25, 0.3) is 5.91 Å². The summed E-state index contributed by atoms with van der Waals surface area (Å²) < 4.78 is 44.9. The number of nitrogens with zero attached hydrogens (tertiary/aromatic N) is 1. The number of ether oxygens (including phenoxy) is 1. The molecule has 0 spiro atoms. The van der Waals surface area contributed by atoms with Crippen molar-refractivity contribution in [1.29, 1.82) is 0 Å². The van der Waals surface area contributed by atoms with Gasteiger partial charge in [-0.3, -0.25) is 9.59 Å². The van der Waals surface area contributed by atoms with Crippen molar-refractivity contribution in [3.05, 3.63) is 53.8 Å². The minimum absolute atomic E-state index is 0.0694. The molecule has 2 amide bonds. The summed E-state index contributed by atoms with van der Waals surface area (Å²) in [5.41, 5.74) is 0.944. The van der Waals surface area contributed by atoms with E-state index in [9.17, 15) is 22.8 Å². The molecule has 0 aromatic heterocycles. The molecule has 5 nitrogen and oxygen atoms in total. The Balaban J connectivity index is 1.83. The zero-order valence-electron chi connectivity index (χ0n) is 13.8. The second-order valence-electron chi connectivity index (χ2n) is 5.87. The van der Waals surface area contributed by atoms with Crippen LogP contribution in [0.25, 0.3) is 0 Å². The van der Waals surface area contributed by atoms with Gasteiger partial charge in [-0.05, 0) is 19.1 Å². The highest BCUT2D eigenvalue weighted by atomic mass is 19.2. The Labute approximate surface area is 147 Å². The first-order valence-electron chi connectivity index (χ1n) is 7.85. The van der Waals surface area contributed by atoms with Crippen LogP contribution < -0.4 is 15.0 Å². The number of hydrogen-bond acceptors (Lipinski definition) is 3. The lowest BCUT2D eigenvalue weighted by atomic mass is 10.1. The van der Waals surface area contributed by atoms with E-state index in [0.29, 0.717) is 23.5 Å². The fourth-order valence-electron chi connectivity index (χ4n) is 2.79. The van der Waals surface area contributed by atoms with Gasteiger partial charge in [0, 0.05) is 24.6 Å². The van der Waals surface area contributed by atoms with E-state index >= 15 is 0 Å². The molecule has 2 aromatic rings. The average Bonchev–Trinajstić information content (AvgIpc) is 2.71. The summed E-state index contributed by atoms with van der Waals surface area (Å²) in [7, 11) is 0. The van der Waals surface area contributed by atoms with Crippen LogP contribution in [0.3, 0.4) is 0 Å². The van der Waals surface area contributed by atoms with Gasteiger partial charge in [0.1, 0.15) is 0 Å². The van der Waals surface area contributed by atoms with Gasteiger partial charge in [0.2, 0.25) is 5.91 Å². The molecule has 0 fully saturated rings. The number of para-hydroxylation sites is 2. The predicted octanol–water partition coefficient (Wildman–Crippen LogP) is 3.25. The molecule has 1 aliphatic rings. The maximum absolute atomic E-state index is 13.6. The Morgan fingerprint density at radius 1 is 1.19 bits per heavy atom. The first-order chi connectivity index (χ1) is 12.4. The summed E-state index contributed by atoms with van der Waals surface area (Å²) in [6.07, 6.45) is 0.0694. The lowest BCUT2D eigenvalue weighted by molar-refractivity contribution is -0.121. The number of carbonyl (C=O) groups is 2. The lowest BCUT2D eigenvalue weighted by Gasteiger charge is -2.27. The summed E-state index contributed by atoms with van der Waals surface area (Å²) in [6.45, 7) is 1.09. The minimum atomic E-state index is -1.35. The van der Waals surface area contributed by atoms with Gasteiger partial charge < -0.3 is 15.0 Å². The summed E-state index contributed by atoms with van der Waals surface area (Å²) >= 11 is 0. The Morgan fingerprint density at radius 3 is 2.65 bits per heavy atom. The summed E-state index contributed by atoms with van der Waals surface area (Å²) in [5.74, 6) is -5.10. The molecule has 1 atom stereocenters. The van der Waals surface area contributed by atoms with Crippen LogP contribution in [0.4, 0.5) is 24.5 Å². The number of amides is 2. The first kappa shape index (κ1) is 17.8. The van der Waals surface area contributed by atoms with Gasteiger partial charge in [-0.2, -0.15) is 0 Å². The number of halogens is 3. The molecule has 26 heavy (non-hydrogen) atoms. The van der Waals surface area contributed by atoms with E-state index in [1.807, 2.05) is 0 Å². The highest BCUT2D eigenvalue weighted by molar-refractivity contribution is 6.04. The smallest absolute Gasteiger partial charge is 0.265 e. The molecular formula is C18H15F3N2O3. The Hall–Kier alpha value is -3.03. The van der Waals surface area contributed by atoms with E-state index < -0.39 is 41.8 Å². The monoisotopic (exact) mass is 364 g/mol. The summed E-state index contributed by atoms with van der Waals surface area (Å²) in [6, 6.07) is 7.16. The molecule has 3 rings (SSSR count). The largest absolute Gasteiger partial charge is 0.481 e. The van der Waals surface area contributed by atoms with E-state index in [1.165, 1.54) is 4.90 Å². The Kier molecular flexibility index (Phi) is 4.83. The molecule has 0 saturated heterocycles. The Morgan fingerprint density at radius 2 is 1.88 bits per heavy atom. The molecule has 0 aliphatic carbocycles. The molecular weight excluding hydrogens is 349 g/mol. The fourth-order valence-corrected chi connectivity index (χ4v) is 2.79. The third kappa shape index (κ3) is 3.49. The fraction of sp³-hybridized carbons (Fsp3) is 0.222. The average molecular weight is 364 g/mol. The predicted molar refractivity (Wildman–Crippen MR) is 88.4 cm³/mol. The van der Waals surface area contributed by atoms with Crippen molar-refractivity contribution in [2.24, 2.45) is 0 Å². The second kappa shape index (κ2) is 7.07. The van der Waals surface area contributed by atoms with Crippen LogP contribution in [0.1, 0.15) is 13.3 Å². The van der Waals surface area contributed by atoms with E-state index in [-0.39, 0.29) is 12.3 Å². The van der Waals surface area contributed by atoms with Crippen molar-refractivity contribution in [3.63, 3.8) is 0 Å². The third-order valence-electron chi connectivity index (χ3n) is 3.95. The van der Waals surface area contributed by atoms with E-state index in [1.54, 1.807) is 31.2 Å². The van der Waals surface area contributed by atoms with Gasteiger partial charge in [-0.25, -0.2) is 13.2 Å². The molecule has 0 bridgehead atoms. The van der Waals surface area contributed by atoms with Gasteiger partial charge >= 0.3 is 0 Å². The zero-order chi connectivity index (χ0) is 18.8. The van der Waals surface area contributed by atoms with Crippen LogP contribution in [0, 0.1) is 17.5 Å². The molecule has 1 heterocycles. The van der Waals surface area contributed by atoms with Gasteiger partial charge in [-0.15, -0.1) is 0 Å². The van der Waals surface area contributed by atoms with Crippen molar-refractivity contribution in [2.75, 3.05) is 16.8 Å². The van der Waals surface area contributed by atoms with Crippen molar-refractivity contribution in [2.45, 2.75) is 19.4 Å². The highest BCUT2D eigenvalue weighted by Crippen LogP contribution is 2.31. The molecule has 0 unspecified atom stereocenters. The van der Waals surface area contributed by atoms with Crippen molar-refractivity contribution < 1.29 is 27.5 Å². The van der Waals surface area contributed by atoms with Crippen LogP contribution >= 0.6 is 0 Å². The van der Waals surface area contributed by atoms with Crippen LogP contribution in [0.5, 0.6) is 5.75 Å². The number of hydrogen-bond donors (Lipinski definition) is 1. The maximum Gasteiger partial charge on any atom is 0.265 e. The normalized spacial score (nSPS) is 16.5. The van der Waals surface area contributed by atoms with E-state index in [0.717, 1.165) is 0 Å². The van der Waals surface area contributed by atoms with Gasteiger partial charge in [-0.1, -0.05) is 12.1 Å². The quantitative estimate of drug-likeness (QED) is 0.851. The molecule has 1 N–H and O–H groups in total. The van der Waals surface area contributed by atoms with E-state index in [2.05, 4.69) is 5.32 Å². The number of carbonyl (C=O) groups excluding carboxylic acids is 2. The number of rotatable bonds is 3. The molecule has 1 aliphatic heterocycles. The topological polar surface area (TPSA) is 58.6 Å². The molecule has 0 radical (unpaired) electrons. The number of anilines is 2. The van der Waals surface area contributed by atoms with Crippen LogP contribution in [-0.4, -0.2) is 24.5 Å². The number of benzene rings is 2. The van der Waals surface area contributed by atoms with Crippen LogP contribution in [0.2, 0.25) is 0 Å². The third-order valence-corrected chi connectivity index (χ3v) is 3.95. The standard InChI is InChI=1S/C18H15F3N2O3/c1-10-6-17(24)22-14-4-2-3-5-15(14)23(10)18(25)9-26-16-8-12(20)11(19)7-13(16)21/h2-5,7-8,10H,6,9H2,1H3,(H,22,24)/t10-/m0/s1. The van der Waals surface area contributed by atoms with Gasteiger partial charge in [0.15, 0.2) is 29.8 Å². The lowest BCUT2D eigenvalue weighted by Crippen LogP contribution is -2.41. The first-order valence-corrected chi connectivity index (χ1v) is 7.85. The highest BCUT2D eigenvalue weighted by Gasteiger charge is 2.30. The zero-order valence-corrected chi connectivity index (χ0v) is 13.8. The number of nitrogens with one attached hydrogen (secondary N) is 1. The minimum Gasteiger partial charge on any atom is -0.481 e. The van der Waals surface area contributed by atoms with Crippen molar-refractivity contribution in [1.82, 2.24) is 0 Å². The Bertz CT molecular complexity index is 873. The summed E-state index contributed by atoms with van der Waals surface area (Å²) in [4.78, 5) is 25.9. The van der Waals surface area contributed by atoms with Gasteiger partial charge in [0.05, 0.1) is 11.4 Å². The number of fused-ring (bicyclic) bond motifs is 1. The van der Waals surface area contributed by atoms with Crippen molar-refractivity contribution in [3.8, 4) is 5.75 Å². The molecule has 2 aromatic carbocycles. The summed E-state index contributed by atoms with van der Waals surface area (Å²) in [5, 5.41) is 2.71. The van der Waals surface area contributed by atoms with Crippen LogP contribution in [0.15, 0.2) is 36.4 Å². The van der Waals surface area contributed by atoms with Crippen LogP contribution in [-0.2, 0) is 9.59 Å².